The molecule has 1 heterocycles. The van der Waals surface area contributed by atoms with E-state index >= 15 is 0 Å². The predicted molar refractivity (Wildman–Crippen MR) is 138 cm³/mol. The zero-order valence-corrected chi connectivity index (χ0v) is 19.6. The van der Waals surface area contributed by atoms with Gasteiger partial charge < -0.3 is 15.0 Å². The number of allylic oxidation sites excluding steroid dienone is 1. The third-order valence-electron chi connectivity index (χ3n) is 5.55. The second-order valence-electron chi connectivity index (χ2n) is 7.66. The fourth-order valence-electron chi connectivity index (χ4n) is 3.74. The third kappa shape index (κ3) is 5.82. The monoisotopic (exact) mass is 461 g/mol. The Morgan fingerprint density at radius 1 is 1.03 bits per heavy atom. The van der Waals surface area contributed by atoms with E-state index in [1.807, 2.05) is 60.7 Å². The smallest absolute Gasteiger partial charge is 0.251 e. The number of fused-ring (bicyclic) bond motifs is 1. The van der Waals surface area contributed by atoms with Crippen LogP contribution < -0.4 is 15.0 Å². The number of nitrogens with one attached hydrogen (secondary N) is 1. The maximum Gasteiger partial charge on any atom is 0.251 e. The lowest BCUT2D eigenvalue weighted by molar-refractivity contribution is 0.0950. The van der Waals surface area contributed by atoms with Gasteiger partial charge >= 0.3 is 0 Å². The van der Waals surface area contributed by atoms with Crippen molar-refractivity contribution >= 4 is 35.8 Å². The van der Waals surface area contributed by atoms with Crippen molar-refractivity contribution in [3.8, 4) is 5.75 Å². The number of para-hydroxylation sites is 2. The number of hydrogen-bond acceptors (Lipinski definition) is 4. The van der Waals surface area contributed by atoms with Crippen molar-refractivity contribution in [3.05, 3.63) is 101 Å². The third-order valence-corrected chi connectivity index (χ3v) is 5.55. The number of methoxy groups -OCH3 is 1. The summed E-state index contributed by atoms with van der Waals surface area (Å²) in [6.45, 7) is 2.07. The average Bonchev–Trinajstić information content (AvgIpc) is 3.00. The van der Waals surface area contributed by atoms with Crippen molar-refractivity contribution in [1.29, 1.82) is 0 Å². The lowest BCUT2D eigenvalue weighted by Crippen LogP contribution is -2.22. The number of aliphatic imine (C=N–C) groups is 1. The summed E-state index contributed by atoms with van der Waals surface area (Å²) in [6.07, 6.45) is 4.09. The molecule has 5 nitrogen and oxygen atoms in total. The summed E-state index contributed by atoms with van der Waals surface area (Å²) in [5, 5.41) is 2.95. The van der Waals surface area contributed by atoms with Crippen LogP contribution in [0.1, 0.15) is 27.0 Å². The highest BCUT2D eigenvalue weighted by Gasteiger charge is 2.13. The fraction of sp³-hybridized carbons (Fsp3) is 0.185. The summed E-state index contributed by atoms with van der Waals surface area (Å²) in [6, 6.07) is 23.6. The number of anilines is 1. The Kier molecular flexibility index (Phi) is 8.28. The Bertz CT molecular complexity index is 1160. The minimum Gasteiger partial charge on any atom is -0.496 e. The van der Waals surface area contributed by atoms with Gasteiger partial charge in [0.1, 0.15) is 5.75 Å². The largest absolute Gasteiger partial charge is 0.496 e. The highest BCUT2D eigenvalue weighted by molar-refractivity contribution is 6.14. The zero-order chi connectivity index (χ0) is 22.3. The van der Waals surface area contributed by atoms with Crippen molar-refractivity contribution in [1.82, 2.24) is 5.32 Å². The molecular formula is C27H28ClN3O2. The van der Waals surface area contributed by atoms with Gasteiger partial charge in [0.15, 0.2) is 0 Å². The van der Waals surface area contributed by atoms with Crippen LogP contribution in [0, 0.1) is 0 Å². The quantitative estimate of drug-likeness (QED) is 0.562. The Labute approximate surface area is 201 Å². The molecule has 33 heavy (non-hydrogen) atoms. The molecule has 1 amide bonds. The van der Waals surface area contributed by atoms with E-state index in [0.29, 0.717) is 12.1 Å². The van der Waals surface area contributed by atoms with Gasteiger partial charge in [-0.05, 0) is 35.9 Å². The van der Waals surface area contributed by atoms with E-state index in [1.165, 1.54) is 5.69 Å². The molecule has 0 radical (unpaired) electrons. The molecule has 0 spiro atoms. The predicted octanol–water partition coefficient (Wildman–Crippen LogP) is 5.00. The van der Waals surface area contributed by atoms with Crippen LogP contribution in [0.15, 0.2) is 83.9 Å². The van der Waals surface area contributed by atoms with Gasteiger partial charge in [-0.2, -0.15) is 0 Å². The molecule has 0 bridgehead atoms. The average molecular weight is 462 g/mol. The van der Waals surface area contributed by atoms with Gasteiger partial charge in [-0.15, -0.1) is 12.4 Å². The first-order valence-electron chi connectivity index (χ1n) is 10.7. The molecule has 0 aromatic heterocycles. The van der Waals surface area contributed by atoms with Crippen LogP contribution in [0.5, 0.6) is 5.75 Å². The first-order valence-corrected chi connectivity index (χ1v) is 10.7. The highest BCUT2D eigenvalue weighted by Crippen LogP contribution is 2.23. The van der Waals surface area contributed by atoms with E-state index in [-0.39, 0.29) is 18.3 Å². The number of benzene rings is 3. The van der Waals surface area contributed by atoms with Crippen LogP contribution in [0.3, 0.4) is 0 Å². The summed E-state index contributed by atoms with van der Waals surface area (Å²) in [5.74, 6) is 0.652. The molecule has 3 aromatic carbocycles. The van der Waals surface area contributed by atoms with Gasteiger partial charge in [-0.3, -0.25) is 9.79 Å². The van der Waals surface area contributed by atoms with E-state index in [1.54, 1.807) is 7.11 Å². The number of halogens is 1. The minimum absolute atomic E-state index is 0. The molecule has 1 aliphatic rings. The van der Waals surface area contributed by atoms with E-state index < -0.39 is 0 Å². The molecule has 0 atom stereocenters. The molecule has 6 heteroatoms. The molecule has 0 saturated carbocycles. The van der Waals surface area contributed by atoms with Crippen LogP contribution in [-0.4, -0.2) is 38.9 Å². The molecule has 0 unspecified atom stereocenters. The Morgan fingerprint density at radius 2 is 1.76 bits per heavy atom. The molecular weight excluding hydrogens is 434 g/mol. The van der Waals surface area contributed by atoms with E-state index in [2.05, 4.69) is 41.5 Å². The number of carbonyl (C=O) groups excluding carboxylic acids is 1. The van der Waals surface area contributed by atoms with E-state index in [4.69, 9.17) is 9.73 Å². The zero-order valence-electron chi connectivity index (χ0n) is 18.8. The van der Waals surface area contributed by atoms with Gasteiger partial charge in [0, 0.05) is 42.5 Å². The Balaban J connectivity index is 0.00000306. The summed E-state index contributed by atoms with van der Waals surface area (Å²) < 4.78 is 5.34. The van der Waals surface area contributed by atoms with Gasteiger partial charge in [-0.25, -0.2) is 0 Å². The maximum absolute atomic E-state index is 12.5. The normalized spacial score (nSPS) is 12.9. The molecule has 0 aliphatic carbocycles. The summed E-state index contributed by atoms with van der Waals surface area (Å²) >= 11 is 0. The summed E-state index contributed by atoms with van der Waals surface area (Å²) in [7, 11) is 3.73. The van der Waals surface area contributed by atoms with E-state index in [0.717, 1.165) is 41.2 Å². The number of benzodiazepines with no additional fused rings is 1. The van der Waals surface area contributed by atoms with Crippen LogP contribution in [-0.2, 0) is 6.54 Å². The number of amides is 1. The van der Waals surface area contributed by atoms with Crippen LogP contribution in [0.4, 0.5) is 5.69 Å². The SMILES string of the molecule is COc1ccccc1CNC(=O)c1ccc(/C=C/C2=NCCN(C)c3ccccc32)cc1.Cl. The van der Waals surface area contributed by atoms with Gasteiger partial charge in [0.05, 0.1) is 19.4 Å². The Hall–Kier alpha value is -3.57. The molecule has 4 rings (SSSR count). The van der Waals surface area contributed by atoms with Gasteiger partial charge in [0.25, 0.3) is 5.91 Å². The van der Waals surface area contributed by atoms with Crippen LogP contribution >= 0.6 is 12.4 Å². The fourth-order valence-corrected chi connectivity index (χ4v) is 3.74. The van der Waals surface area contributed by atoms with Gasteiger partial charge in [0.2, 0.25) is 0 Å². The number of rotatable bonds is 6. The van der Waals surface area contributed by atoms with Crippen LogP contribution in [0.2, 0.25) is 0 Å². The highest BCUT2D eigenvalue weighted by atomic mass is 35.5. The second-order valence-corrected chi connectivity index (χ2v) is 7.66. The topological polar surface area (TPSA) is 53.9 Å². The molecule has 1 aliphatic heterocycles. The van der Waals surface area contributed by atoms with Crippen molar-refractivity contribution in [2.45, 2.75) is 6.54 Å². The summed E-state index contributed by atoms with van der Waals surface area (Å²) in [5.41, 5.74) is 5.88. The molecule has 0 fully saturated rings. The lowest BCUT2D eigenvalue weighted by Gasteiger charge is -2.18. The number of ether oxygens (including phenoxy) is 1. The number of nitrogens with zero attached hydrogens (tertiary/aromatic N) is 2. The second kappa shape index (κ2) is 11.3. The lowest BCUT2D eigenvalue weighted by atomic mass is 10.0. The maximum atomic E-state index is 12.5. The molecule has 3 aromatic rings. The molecule has 1 N–H and O–H groups in total. The van der Waals surface area contributed by atoms with Crippen molar-refractivity contribution in [3.63, 3.8) is 0 Å². The number of hydrogen-bond donors (Lipinski definition) is 1. The standard InChI is InChI=1S/C27H27N3O2.ClH/c1-30-18-17-28-24(23-8-4-5-9-25(23)30)16-13-20-11-14-21(15-12-20)27(31)29-19-22-7-3-6-10-26(22)32-2;/h3-16H,17-19H2,1-2H3,(H,29,31);1H/b16-13+;. The summed E-state index contributed by atoms with van der Waals surface area (Å²) in [4.78, 5) is 19.5. The van der Waals surface area contributed by atoms with Crippen molar-refractivity contribution < 1.29 is 9.53 Å². The first kappa shape index (κ1) is 24.1. The van der Waals surface area contributed by atoms with Gasteiger partial charge in [-0.1, -0.05) is 54.6 Å². The van der Waals surface area contributed by atoms with Crippen LogP contribution in [0.25, 0.3) is 6.08 Å². The van der Waals surface area contributed by atoms with Crippen molar-refractivity contribution in [2.75, 3.05) is 32.1 Å². The number of carbonyl (C=O) groups is 1. The van der Waals surface area contributed by atoms with Crippen molar-refractivity contribution in [2.24, 2.45) is 4.99 Å². The Morgan fingerprint density at radius 3 is 2.55 bits per heavy atom. The molecule has 0 saturated heterocycles. The minimum atomic E-state index is -0.114. The first-order chi connectivity index (χ1) is 15.7. The number of likely N-dealkylation sites (N-methyl/N-ethyl adjacent to an activating group) is 1. The van der Waals surface area contributed by atoms with E-state index in [9.17, 15) is 4.79 Å². The molecule has 170 valence electrons.